The summed E-state index contributed by atoms with van der Waals surface area (Å²) in [6.07, 6.45) is -0.0763. The SMILES string of the molecule is Cc1cc(O)cc(O)c1/C=N/NC(=O)[C@@H](O)c1ccccc1. The van der Waals surface area contributed by atoms with Gasteiger partial charge in [-0.05, 0) is 24.1 Å². The molecule has 2 rings (SSSR count). The summed E-state index contributed by atoms with van der Waals surface area (Å²) in [5, 5.41) is 32.6. The fourth-order valence-electron chi connectivity index (χ4n) is 1.94. The van der Waals surface area contributed by atoms with Gasteiger partial charge in [-0.1, -0.05) is 30.3 Å². The van der Waals surface area contributed by atoms with Crippen LogP contribution in [-0.4, -0.2) is 27.4 Å². The van der Waals surface area contributed by atoms with E-state index in [1.54, 1.807) is 37.3 Å². The van der Waals surface area contributed by atoms with Gasteiger partial charge in [-0.2, -0.15) is 5.10 Å². The molecule has 0 unspecified atom stereocenters. The van der Waals surface area contributed by atoms with E-state index in [-0.39, 0.29) is 11.5 Å². The number of aryl methyl sites for hydroxylation is 1. The number of carbonyl (C=O) groups excluding carboxylic acids is 1. The van der Waals surface area contributed by atoms with Crippen LogP contribution in [0.1, 0.15) is 22.8 Å². The maximum atomic E-state index is 11.8. The molecule has 4 N–H and O–H groups in total. The highest BCUT2D eigenvalue weighted by Crippen LogP contribution is 2.25. The number of aliphatic hydroxyl groups excluding tert-OH is 1. The van der Waals surface area contributed by atoms with E-state index >= 15 is 0 Å². The van der Waals surface area contributed by atoms with Gasteiger partial charge in [0.15, 0.2) is 6.10 Å². The summed E-state index contributed by atoms with van der Waals surface area (Å²) in [7, 11) is 0. The van der Waals surface area contributed by atoms with Crippen LogP contribution in [0.2, 0.25) is 0 Å². The second-order valence-corrected chi connectivity index (χ2v) is 4.74. The van der Waals surface area contributed by atoms with Crippen molar-refractivity contribution in [2.45, 2.75) is 13.0 Å². The molecule has 0 aromatic heterocycles. The van der Waals surface area contributed by atoms with Gasteiger partial charge in [-0.3, -0.25) is 4.79 Å². The Balaban J connectivity index is 2.05. The molecule has 2 aromatic carbocycles. The van der Waals surface area contributed by atoms with E-state index in [0.717, 1.165) is 0 Å². The van der Waals surface area contributed by atoms with Crippen LogP contribution in [0.25, 0.3) is 0 Å². The van der Waals surface area contributed by atoms with Gasteiger partial charge >= 0.3 is 0 Å². The molecule has 6 nitrogen and oxygen atoms in total. The van der Waals surface area contributed by atoms with Gasteiger partial charge in [-0.25, -0.2) is 5.43 Å². The molecule has 1 atom stereocenters. The summed E-state index contributed by atoms with van der Waals surface area (Å²) in [5.74, 6) is -0.895. The lowest BCUT2D eigenvalue weighted by atomic mass is 10.1. The number of hydrazone groups is 1. The van der Waals surface area contributed by atoms with Crippen LogP contribution in [0.4, 0.5) is 0 Å². The van der Waals surface area contributed by atoms with E-state index in [2.05, 4.69) is 10.5 Å². The molecule has 114 valence electrons. The number of hydrogen-bond donors (Lipinski definition) is 4. The second kappa shape index (κ2) is 6.73. The van der Waals surface area contributed by atoms with Gasteiger partial charge in [0.1, 0.15) is 11.5 Å². The Hall–Kier alpha value is -2.86. The molecule has 22 heavy (non-hydrogen) atoms. The number of phenolic OH excluding ortho intramolecular Hbond substituents is 2. The Morgan fingerprint density at radius 1 is 1.23 bits per heavy atom. The number of amides is 1. The van der Waals surface area contributed by atoms with Crippen LogP contribution in [0.15, 0.2) is 47.6 Å². The van der Waals surface area contributed by atoms with Crippen molar-refractivity contribution in [3.05, 3.63) is 59.2 Å². The summed E-state index contributed by atoms with van der Waals surface area (Å²) >= 11 is 0. The Bertz CT molecular complexity index is 676. The summed E-state index contributed by atoms with van der Waals surface area (Å²) in [6.45, 7) is 1.68. The fraction of sp³-hybridized carbons (Fsp3) is 0.125. The van der Waals surface area contributed by atoms with Crippen molar-refractivity contribution in [1.82, 2.24) is 5.43 Å². The molecule has 0 heterocycles. The first kappa shape index (κ1) is 15.5. The molecule has 0 aliphatic heterocycles. The zero-order chi connectivity index (χ0) is 16.1. The van der Waals surface area contributed by atoms with Crippen molar-refractivity contribution in [3.63, 3.8) is 0 Å². The number of nitrogens with one attached hydrogen (secondary N) is 1. The van der Waals surface area contributed by atoms with Gasteiger partial charge < -0.3 is 15.3 Å². The summed E-state index contributed by atoms with van der Waals surface area (Å²) in [4.78, 5) is 11.8. The molecule has 0 fully saturated rings. The van der Waals surface area contributed by atoms with E-state index in [1.165, 1.54) is 18.3 Å². The number of aliphatic hydroxyl groups is 1. The lowest BCUT2D eigenvalue weighted by molar-refractivity contribution is -0.129. The summed E-state index contributed by atoms with van der Waals surface area (Å²) in [6, 6.07) is 11.1. The molecule has 2 aromatic rings. The first-order valence-electron chi connectivity index (χ1n) is 6.57. The van der Waals surface area contributed by atoms with Crippen molar-refractivity contribution >= 4 is 12.1 Å². The minimum atomic E-state index is -1.33. The van der Waals surface area contributed by atoms with Crippen molar-refractivity contribution in [2.75, 3.05) is 0 Å². The highest BCUT2D eigenvalue weighted by atomic mass is 16.3. The van der Waals surface area contributed by atoms with Crippen molar-refractivity contribution in [1.29, 1.82) is 0 Å². The second-order valence-electron chi connectivity index (χ2n) is 4.74. The number of rotatable bonds is 4. The highest BCUT2D eigenvalue weighted by molar-refractivity contribution is 5.88. The Morgan fingerprint density at radius 2 is 1.91 bits per heavy atom. The van der Waals surface area contributed by atoms with Gasteiger partial charge in [0.05, 0.1) is 6.21 Å². The molecule has 6 heteroatoms. The maximum Gasteiger partial charge on any atom is 0.273 e. The van der Waals surface area contributed by atoms with E-state index < -0.39 is 12.0 Å². The molecule has 0 saturated carbocycles. The number of benzene rings is 2. The Kier molecular flexibility index (Phi) is 4.75. The van der Waals surface area contributed by atoms with Gasteiger partial charge in [0.2, 0.25) is 0 Å². The summed E-state index contributed by atoms with van der Waals surface area (Å²) in [5.41, 5.74) is 3.63. The monoisotopic (exact) mass is 300 g/mol. The summed E-state index contributed by atoms with van der Waals surface area (Å²) < 4.78 is 0. The first-order chi connectivity index (χ1) is 10.5. The van der Waals surface area contributed by atoms with Gasteiger partial charge in [0, 0.05) is 11.6 Å². The molecule has 0 saturated heterocycles. The van der Waals surface area contributed by atoms with Crippen LogP contribution in [0, 0.1) is 6.92 Å². The van der Waals surface area contributed by atoms with Crippen LogP contribution in [0.5, 0.6) is 11.5 Å². The number of carbonyl (C=O) groups is 1. The van der Waals surface area contributed by atoms with Crippen LogP contribution in [-0.2, 0) is 4.79 Å². The predicted octanol–water partition coefficient (Wildman–Crippen LogP) is 1.59. The number of hydrogen-bond acceptors (Lipinski definition) is 5. The lowest BCUT2D eigenvalue weighted by Gasteiger charge is -2.09. The minimum absolute atomic E-state index is 0.0596. The molecular weight excluding hydrogens is 284 g/mol. The normalized spacial score (nSPS) is 12.3. The van der Waals surface area contributed by atoms with Crippen molar-refractivity contribution < 1.29 is 20.1 Å². The predicted molar refractivity (Wildman–Crippen MR) is 81.6 cm³/mol. The quantitative estimate of drug-likeness (QED) is 0.508. The van der Waals surface area contributed by atoms with E-state index in [1.807, 2.05) is 0 Å². The molecule has 0 spiro atoms. The third-order valence-corrected chi connectivity index (χ3v) is 3.08. The third kappa shape index (κ3) is 3.62. The highest BCUT2D eigenvalue weighted by Gasteiger charge is 2.16. The first-order valence-corrected chi connectivity index (χ1v) is 6.57. The molecule has 0 aliphatic rings. The lowest BCUT2D eigenvalue weighted by Crippen LogP contribution is -2.25. The minimum Gasteiger partial charge on any atom is -0.508 e. The average molecular weight is 300 g/mol. The van der Waals surface area contributed by atoms with Crippen molar-refractivity contribution in [2.24, 2.45) is 5.10 Å². The average Bonchev–Trinajstić information content (AvgIpc) is 2.49. The Morgan fingerprint density at radius 3 is 2.55 bits per heavy atom. The molecule has 0 radical (unpaired) electrons. The molecular formula is C16H16N2O4. The smallest absolute Gasteiger partial charge is 0.273 e. The fourth-order valence-corrected chi connectivity index (χ4v) is 1.94. The number of phenols is 2. The topological polar surface area (TPSA) is 102 Å². The molecule has 0 aliphatic carbocycles. The van der Waals surface area contributed by atoms with Crippen LogP contribution >= 0.6 is 0 Å². The van der Waals surface area contributed by atoms with E-state index in [4.69, 9.17) is 0 Å². The van der Waals surface area contributed by atoms with Gasteiger partial charge in [-0.15, -0.1) is 0 Å². The maximum absolute atomic E-state index is 11.8. The van der Waals surface area contributed by atoms with E-state index in [9.17, 15) is 20.1 Å². The van der Waals surface area contributed by atoms with E-state index in [0.29, 0.717) is 16.7 Å². The Labute approximate surface area is 127 Å². The third-order valence-electron chi connectivity index (χ3n) is 3.08. The van der Waals surface area contributed by atoms with Crippen molar-refractivity contribution in [3.8, 4) is 11.5 Å². The van der Waals surface area contributed by atoms with Gasteiger partial charge in [0.25, 0.3) is 5.91 Å². The van der Waals surface area contributed by atoms with Crippen LogP contribution < -0.4 is 5.43 Å². The number of aromatic hydroxyl groups is 2. The largest absolute Gasteiger partial charge is 0.508 e. The zero-order valence-electron chi connectivity index (χ0n) is 11.9. The molecule has 1 amide bonds. The zero-order valence-corrected chi connectivity index (χ0v) is 11.9. The van der Waals surface area contributed by atoms with Crippen LogP contribution in [0.3, 0.4) is 0 Å². The molecule has 0 bridgehead atoms. The standard InChI is InChI=1S/C16H16N2O4/c1-10-7-12(19)8-14(20)13(10)9-17-18-16(22)15(21)11-5-3-2-4-6-11/h2-9,15,19-21H,1H3,(H,18,22)/b17-9+/t15-/m0/s1. The number of nitrogens with zero attached hydrogens (tertiary/aromatic N) is 1.